The molecule has 1 saturated heterocycles. The number of aromatic nitrogens is 1. The minimum absolute atomic E-state index is 0.151. The number of hydrogen-bond acceptors (Lipinski definition) is 6. The van der Waals surface area contributed by atoms with Crippen molar-refractivity contribution in [1.82, 2.24) is 4.98 Å². The summed E-state index contributed by atoms with van der Waals surface area (Å²) < 4.78 is 5.79. The van der Waals surface area contributed by atoms with Crippen molar-refractivity contribution < 1.29 is 24.9 Å². The summed E-state index contributed by atoms with van der Waals surface area (Å²) in [5.74, 6) is -0.631. The van der Waals surface area contributed by atoms with Gasteiger partial charge in [0, 0.05) is 0 Å². The van der Waals surface area contributed by atoms with Gasteiger partial charge < -0.3 is 0 Å². The Morgan fingerprint density at radius 3 is 2.71 bits per heavy atom. The fourth-order valence-corrected chi connectivity index (χ4v) is 3.48. The second-order valence-corrected chi connectivity index (χ2v) is 5.56. The van der Waals surface area contributed by atoms with Gasteiger partial charge in [-0.1, -0.05) is 0 Å². The van der Waals surface area contributed by atoms with Crippen molar-refractivity contribution in [2.45, 2.75) is 24.4 Å². The first kappa shape index (κ1) is 12.7. The van der Waals surface area contributed by atoms with Gasteiger partial charge in [-0.25, -0.2) is 0 Å². The molecule has 8 heteroatoms. The second-order valence-electron chi connectivity index (χ2n) is 3.69. The Balaban J connectivity index is 2.19. The number of aliphatic hydroxyl groups is 3. The summed E-state index contributed by atoms with van der Waals surface area (Å²) in [5.41, 5.74) is 5.23. The van der Waals surface area contributed by atoms with Crippen LogP contribution in [0.15, 0.2) is 4.94 Å². The third-order valence-electron chi connectivity index (χ3n) is 2.56. The molecule has 17 heavy (non-hydrogen) atoms. The number of nitrogens with zero attached hydrogens (tertiary/aromatic N) is 1. The van der Waals surface area contributed by atoms with Gasteiger partial charge in [-0.3, -0.25) is 0 Å². The third-order valence-corrected chi connectivity index (χ3v) is 4.46. The molecule has 0 aromatic carbocycles. The molecule has 0 aliphatic carbocycles. The van der Waals surface area contributed by atoms with E-state index in [0.717, 1.165) is 0 Å². The van der Waals surface area contributed by atoms with Crippen molar-refractivity contribution >= 4 is 20.4 Å². The van der Waals surface area contributed by atoms with E-state index in [1.54, 1.807) is 4.94 Å². The van der Waals surface area contributed by atoms with Crippen LogP contribution in [0.25, 0.3) is 0 Å². The van der Waals surface area contributed by atoms with E-state index in [9.17, 15) is 15.0 Å². The Bertz CT molecular complexity index is 423. The van der Waals surface area contributed by atoms with Crippen LogP contribution in [0.2, 0.25) is 0 Å². The van der Waals surface area contributed by atoms with Crippen LogP contribution >= 0.6 is 0 Å². The van der Waals surface area contributed by atoms with Gasteiger partial charge in [0.05, 0.1) is 0 Å². The zero-order valence-corrected chi connectivity index (χ0v) is 10.4. The predicted octanol–water partition coefficient (Wildman–Crippen LogP) is -2.61. The molecule has 1 aliphatic rings. The predicted molar refractivity (Wildman–Crippen MR) is 56.4 cm³/mol. The summed E-state index contributed by atoms with van der Waals surface area (Å²) >= 11 is -0.236. The molecule has 2 heterocycles. The molecular weight excluding hydrogens is 295 g/mol. The van der Waals surface area contributed by atoms with Gasteiger partial charge in [-0.15, -0.1) is 0 Å². The fourth-order valence-electron chi connectivity index (χ4n) is 1.64. The number of carbonyl (C=O) groups excluding carboxylic acids is 1. The number of hydrogen-bond donors (Lipinski definition) is 4. The summed E-state index contributed by atoms with van der Waals surface area (Å²) in [6.45, 7) is -0.384. The maximum atomic E-state index is 10.9. The Morgan fingerprint density at radius 2 is 2.24 bits per heavy atom. The molecule has 1 aliphatic heterocycles. The number of rotatable bonds is 3. The van der Waals surface area contributed by atoms with Crippen LogP contribution in [0.4, 0.5) is 0 Å². The molecule has 1 aromatic rings. The number of aliphatic hydroxyl groups excluding tert-OH is 3. The monoisotopic (exact) mass is 308 g/mol. The van der Waals surface area contributed by atoms with Crippen LogP contribution in [0.3, 0.4) is 0 Å². The molecule has 1 amide bonds. The van der Waals surface area contributed by atoms with Gasteiger partial charge in [0.25, 0.3) is 0 Å². The molecule has 0 spiro atoms. The SMILES string of the molecule is NC(=O)c1c[se]c([C@@H]2O[C@H](CO)[C@@H](O)[C@@H]2O)n1. The summed E-state index contributed by atoms with van der Waals surface area (Å²) in [5, 5.41) is 28.3. The zero-order chi connectivity index (χ0) is 12.6. The molecule has 1 aromatic heterocycles. The molecule has 1 fully saturated rings. The van der Waals surface area contributed by atoms with E-state index in [4.69, 9.17) is 15.6 Å². The zero-order valence-electron chi connectivity index (χ0n) is 8.68. The molecule has 0 bridgehead atoms. The topological polar surface area (TPSA) is 126 Å². The van der Waals surface area contributed by atoms with E-state index in [1.165, 1.54) is 0 Å². The second kappa shape index (κ2) is 4.85. The van der Waals surface area contributed by atoms with Gasteiger partial charge in [-0.2, -0.15) is 0 Å². The number of primary amides is 1. The van der Waals surface area contributed by atoms with Gasteiger partial charge >= 0.3 is 102 Å². The molecule has 0 saturated carbocycles. The average molecular weight is 307 g/mol. The Labute approximate surface area is 103 Å². The number of ether oxygens (including phenoxy) is 1. The number of amides is 1. The van der Waals surface area contributed by atoms with Crippen LogP contribution in [0.5, 0.6) is 0 Å². The Morgan fingerprint density at radius 1 is 1.53 bits per heavy atom. The van der Waals surface area contributed by atoms with Crippen molar-refractivity contribution in [2.75, 3.05) is 6.61 Å². The van der Waals surface area contributed by atoms with E-state index < -0.39 is 30.3 Å². The third kappa shape index (κ3) is 2.28. The van der Waals surface area contributed by atoms with Crippen molar-refractivity contribution in [3.63, 3.8) is 0 Å². The van der Waals surface area contributed by atoms with Crippen LogP contribution in [0, 0.1) is 0 Å². The molecule has 5 N–H and O–H groups in total. The van der Waals surface area contributed by atoms with Crippen LogP contribution in [0.1, 0.15) is 21.2 Å². The minimum atomic E-state index is -1.15. The molecule has 7 nitrogen and oxygen atoms in total. The fraction of sp³-hybridized carbons (Fsp3) is 0.556. The van der Waals surface area contributed by atoms with Crippen LogP contribution in [-0.4, -0.2) is 65.6 Å². The number of nitrogens with two attached hydrogens (primary N) is 1. The van der Waals surface area contributed by atoms with Crippen molar-refractivity contribution in [2.24, 2.45) is 5.73 Å². The van der Waals surface area contributed by atoms with Crippen molar-refractivity contribution in [3.8, 4) is 0 Å². The van der Waals surface area contributed by atoms with Gasteiger partial charge in [-0.05, 0) is 0 Å². The normalized spacial score (nSPS) is 32.9. The standard InChI is InChI=1S/C9H12N2O5Se/c10-8(15)3-2-17-9(11-3)7-6(14)5(13)4(1-12)16-7/h2,4-7,12-14H,1H2,(H2,10,15)/t4-,5-,6+,7-/m1/s1. The van der Waals surface area contributed by atoms with Crippen molar-refractivity contribution in [1.29, 1.82) is 0 Å². The summed E-state index contributed by atoms with van der Waals surface area (Å²) in [7, 11) is 0. The maximum absolute atomic E-state index is 10.9. The first-order valence-corrected chi connectivity index (χ1v) is 6.77. The van der Waals surface area contributed by atoms with Gasteiger partial charge in [0.15, 0.2) is 0 Å². The summed E-state index contributed by atoms with van der Waals surface area (Å²) in [4.78, 5) is 16.5. The van der Waals surface area contributed by atoms with Gasteiger partial charge in [0.2, 0.25) is 0 Å². The van der Waals surface area contributed by atoms with E-state index in [0.29, 0.717) is 4.57 Å². The molecule has 2 rings (SSSR count). The Kier molecular flexibility index (Phi) is 3.62. The molecule has 4 atom stereocenters. The average Bonchev–Trinajstić information content (AvgIpc) is 2.87. The van der Waals surface area contributed by atoms with E-state index in [-0.39, 0.29) is 26.8 Å². The Hall–Kier alpha value is -0.761. The molecule has 94 valence electrons. The van der Waals surface area contributed by atoms with Crippen LogP contribution in [-0.2, 0) is 4.74 Å². The van der Waals surface area contributed by atoms with E-state index in [1.807, 2.05) is 0 Å². The summed E-state index contributed by atoms with van der Waals surface area (Å²) in [6, 6.07) is 0. The first-order chi connectivity index (χ1) is 8.04. The van der Waals surface area contributed by atoms with Gasteiger partial charge in [0.1, 0.15) is 0 Å². The summed E-state index contributed by atoms with van der Waals surface area (Å²) in [6.07, 6.45) is -3.91. The van der Waals surface area contributed by atoms with Crippen molar-refractivity contribution in [3.05, 3.63) is 15.2 Å². The van der Waals surface area contributed by atoms with E-state index >= 15 is 0 Å². The first-order valence-electron chi connectivity index (χ1n) is 4.92. The molecule has 0 unspecified atom stereocenters. The molecule has 0 radical (unpaired) electrons. The molecular formula is C9H12N2O5Se. The van der Waals surface area contributed by atoms with E-state index in [2.05, 4.69) is 4.98 Å². The number of carbonyl (C=O) groups is 1. The quantitative estimate of drug-likeness (QED) is 0.453. The van der Waals surface area contributed by atoms with Crippen LogP contribution < -0.4 is 5.73 Å².